The first-order valence-electron chi connectivity index (χ1n) is 4.97. The first kappa shape index (κ1) is 10.5. The third-order valence-corrected chi connectivity index (χ3v) is 2.83. The van der Waals surface area contributed by atoms with Crippen molar-refractivity contribution in [2.45, 2.75) is 13.8 Å². The molecular formula is C13H12O3. The Morgan fingerprint density at radius 1 is 1.12 bits per heavy atom. The van der Waals surface area contributed by atoms with Crippen LogP contribution in [0.15, 0.2) is 24.3 Å². The van der Waals surface area contributed by atoms with E-state index in [0.717, 1.165) is 21.9 Å². The molecule has 0 aliphatic carbocycles. The average Bonchev–Trinajstić information content (AvgIpc) is 2.22. The molecule has 16 heavy (non-hydrogen) atoms. The molecule has 0 bridgehead atoms. The number of hydrogen-bond donors (Lipinski definition) is 2. The van der Waals surface area contributed by atoms with Gasteiger partial charge in [0.2, 0.25) is 0 Å². The lowest BCUT2D eigenvalue weighted by Gasteiger charge is -2.09. The van der Waals surface area contributed by atoms with Crippen LogP contribution >= 0.6 is 0 Å². The second-order valence-corrected chi connectivity index (χ2v) is 3.90. The van der Waals surface area contributed by atoms with Crippen LogP contribution in [0.2, 0.25) is 0 Å². The van der Waals surface area contributed by atoms with Crippen LogP contribution in [0.3, 0.4) is 0 Å². The number of rotatable bonds is 1. The largest absolute Gasteiger partial charge is 0.508 e. The number of aromatic hydroxyl groups is 1. The van der Waals surface area contributed by atoms with Gasteiger partial charge in [-0.15, -0.1) is 0 Å². The Hall–Kier alpha value is -2.03. The number of aryl methyl sites for hydroxylation is 2. The zero-order valence-electron chi connectivity index (χ0n) is 9.11. The normalized spacial score (nSPS) is 10.6. The summed E-state index contributed by atoms with van der Waals surface area (Å²) in [6.07, 6.45) is 0. The standard InChI is InChI=1S/C13H12O3/c1-7-5-12(13(15)16)8(2)10-4-3-9(14)6-11(7)10/h3-6,14H,1-2H3,(H,15,16). The molecule has 82 valence electrons. The number of aromatic carboxylic acids is 1. The minimum absolute atomic E-state index is 0.193. The number of hydrogen-bond acceptors (Lipinski definition) is 2. The predicted molar refractivity (Wildman–Crippen MR) is 62.0 cm³/mol. The predicted octanol–water partition coefficient (Wildman–Crippen LogP) is 2.86. The molecule has 2 N–H and O–H groups in total. The number of phenols is 1. The minimum atomic E-state index is -0.921. The maximum Gasteiger partial charge on any atom is 0.335 e. The van der Waals surface area contributed by atoms with Crippen LogP contribution in [-0.2, 0) is 0 Å². The van der Waals surface area contributed by atoms with E-state index in [-0.39, 0.29) is 5.75 Å². The van der Waals surface area contributed by atoms with E-state index in [0.29, 0.717) is 5.56 Å². The fourth-order valence-corrected chi connectivity index (χ4v) is 1.96. The van der Waals surface area contributed by atoms with Crippen LogP contribution < -0.4 is 0 Å². The van der Waals surface area contributed by atoms with E-state index < -0.39 is 5.97 Å². The fraction of sp³-hybridized carbons (Fsp3) is 0.154. The summed E-state index contributed by atoms with van der Waals surface area (Å²) in [5.74, 6) is -0.728. The highest BCUT2D eigenvalue weighted by molar-refractivity contribution is 5.99. The minimum Gasteiger partial charge on any atom is -0.508 e. The number of carbonyl (C=O) groups is 1. The molecule has 3 heteroatoms. The monoisotopic (exact) mass is 216 g/mol. The van der Waals surface area contributed by atoms with E-state index in [2.05, 4.69) is 0 Å². The second-order valence-electron chi connectivity index (χ2n) is 3.90. The lowest BCUT2D eigenvalue weighted by Crippen LogP contribution is -2.01. The molecule has 0 atom stereocenters. The van der Waals surface area contributed by atoms with E-state index in [1.54, 1.807) is 31.2 Å². The molecule has 0 aliphatic heterocycles. The molecule has 2 aromatic rings. The zero-order valence-corrected chi connectivity index (χ0v) is 9.11. The van der Waals surface area contributed by atoms with Gasteiger partial charge in [0.1, 0.15) is 5.75 Å². The van der Waals surface area contributed by atoms with E-state index in [1.165, 1.54) is 0 Å². The summed E-state index contributed by atoms with van der Waals surface area (Å²) in [7, 11) is 0. The van der Waals surface area contributed by atoms with Crippen molar-refractivity contribution in [2.75, 3.05) is 0 Å². The number of phenolic OH excluding ortho intramolecular Hbond substituents is 1. The summed E-state index contributed by atoms with van der Waals surface area (Å²) in [6, 6.07) is 6.61. The van der Waals surface area contributed by atoms with E-state index >= 15 is 0 Å². The van der Waals surface area contributed by atoms with Crippen molar-refractivity contribution < 1.29 is 15.0 Å². The first-order chi connectivity index (χ1) is 7.50. The van der Waals surface area contributed by atoms with Gasteiger partial charge >= 0.3 is 5.97 Å². The highest BCUT2D eigenvalue weighted by Crippen LogP contribution is 2.28. The lowest BCUT2D eigenvalue weighted by atomic mass is 9.96. The highest BCUT2D eigenvalue weighted by atomic mass is 16.4. The Morgan fingerprint density at radius 3 is 2.44 bits per heavy atom. The summed E-state index contributed by atoms with van der Waals surface area (Å²) in [4.78, 5) is 11.0. The molecule has 0 saturated carbocycles. The summed E-state index contributed by atoms with van der Waals surface area (Å²) >= 11 is 0. The average molecular weight is 216 g/mol. The van der Waals surface area contributed by atoms with Crippen molar-refractivity contribution in [3.05, 3.63) is 41.0 Å². The molecule has 0 aromatic heterocycles. The van der Waals surface area contributed by atoms with Crippen LogP contribution in [0, 0.1) is 13.8 Å². The van der Waals surface area contributed by atoms with Gasteiger partial charge in [-0.1, -0.05) is 6.07 Å². The van der Waals surface area contributed by atoms with Gasteiger partial charge in [-0.05, 0) is 53.9 Å². The van der Waals surface area contributed by atoms with Gasteiger partial charge in [-0.25, -0.2) is 4.79 Å². The maximum atomic E-state index is 11.0. The quantitative estimate of drug-likeness (QED) is 0.770. The van der Waals surface area contributed by atoms with Crippen molar-refractivity contribution in [3.8, 4) is 5.75 Å². The van der Waals surface area contributed by atoms with Crippen molar-refractivity contribution in [2.24, 2.45) is 0 Å². The smallest absolute Gasteiger partial charge is 0.335 e. The molecule has 2 aromatic carbocycles. The molecular weight excluding hydrogens is 204 g/mol. The third-order valence-electron chi connectivity index (χ3n) is 2.83. The lowest BCUT2D eigenvalue weighted by molar-refractivity contribution is 0.0696. The van der Waals surface area contributed by atoms with Gasteiger partial charge in [0.25, 0.3) is 0 Å². The molecule has 0 fully saturated rings. The molecule has 0 saturated heterocycles. The van der Waals surface area contributed by atoms with Crippen LogP contribution in [0.4, 0.5) is 0 Å². The van der Waals surface area contributed by atoms with Gasteiger partial charge in [-0.2, -0.15) is 0 Å². The van der Waals surface area contributed by atoms with Crippen LogP contribution in [0.25, 0.3) is 10.8 Å². The first-order valence-corrected chi connectivity index (χ1v) is 4.97. The van der Waals surface area contributed by atoms with Crippen LogP contribution in [-0.4, -0.2) is 16.2 Å². The van der Waals surface area contributed by atoms with Crippen molar-refractivity contribution in [3.63, 3.8) is 0 Å². The molecule has 0 heterocycles. The number of fused-ring (bicyclic) bond motifs is 1. The van der Waals surface area contributed by atoms with Crippen molar-refractivity contribution in [1.82, 2.24) is 0 Å². The zero-order chi connectivity index (χ0) is 11.9. The number of carboxylic acids is 1. The summed E-state index contributed by atoms with van der Waals surface area (Å²) in [5, 5.41) is 20.2. The topological polar surface area (TPSA) is 57.5 Å². The summed E-state index contributed by atoms with van der Waals surface area (Å²) < 4.78 is 0. The molecule has 2 rings (SSSR count). The Labute approximate surface area is 93.0 Å². The van der Waals surface area contributed by atoms with Gasteiger partial charge in [-0.3, -0.25) is 0 Å². The van der Waals surface area contributed by atoms with Crippen LogP contribution in [0.5, 0.6) is 5.75 Å². The molecule has 0 aliphatic rings. The van der Waals surface area contributed by atoms with E-state index in [9.17, 15) is 9.90 Å². The van der Waals surface area contributed by atoms with Crippen molar-refractivity contribution in [1.29, 1.82) is 0 Å². The van der Waals surface area contributed by atoms with E-state index in [1.807, 2.05) is 6.92 Å². The van der Waals surface area contributed by atoms with E-state index in [4.69, 9.17) is 5.11 Å². The van der Waals surface area contributed by atoms with Crippen LogP contribution in [0.1, 0.15) is 21.5 Å². The molecule has 0 radical (unpaired) electrons. The highest BCUT2D eigenvalue weighted by Gasteiger charge is 2.12. The summed E-state index contributed by atoms with van der Waals surface area (Å²) in [5.41, 5.74) is 1.90. The fourth-order valence-electron chi connectivity index (χ4n) is 1.96. The van der Waals surface area contributed by atoms with Gasteiger partial charge in [0.15, 0.2) is 0 Å². The molecule has 0 spiro atoms. The molecule has 3 nitrogen and oxygen atoms in total. The third kappa shape index (κ3) is 1.50. The molecule has 0 amide bonds. The molecule has 0 unspecified atom stereocenters. The Balaban J connectivity index is 2.90. The van der Waals surface area contributed by atoms with Gasteiger partial charge in [0.05, 0.1) is 5.56 Å². The Morgan fingerprint density at radius 2 is 1.81 bits per heavy atom. The summed E-state index contributed by atoms with van der Waals surface area (Å²) in [6.45, 7) is 3.62. The van der Waals surface area contributed by atoms with Crippen molar-refractivity contribution >= 4 is 16.7 Å². The van der Waals surface area contributed by atoms with Gasteiger partial charge < -0.3 is 10.2 Å². The number of carboxylic acid groups (broad SMARTS) is 1. The Bertz CT molecular complexity index is 585. The van der Waals surface area contributed by atoms with Gasteiger partial charge in [0, 0.05) is 0 Å². The number of benzene rings is 2. The SMILES string of the molecule is Cc1cc(C(=O)O)c(C)c2ccc(O)cc12. The Kier molecular flexibility index (Phi) is 2.31. The second kappa shape index (κ2) is 3.52. The maximum absolute atomic E-state index is 11.0.